The summed E-state index contributed by atoms with van der Waals surface area (Å²) in [5.41, 5.74) is 0. The van der Waals surface area contributed by atoms with Gasteiger partial charge in [-0.05, 0) is 0 Å². The molecule has 1 unspecified atom stereocenters. The molecule has 0 amide bonds. The number of allylic oxidation sites excluding steroid dienone is 1. The van der Waals surface area contributed by atoms with E-state index in [0.717, 1.165) is 4.92 Å². The minimum absolute atomic E-state index is 0.729. The molecule has 1 N–H and O–H groups in total. The van der Waals surface area contributed by atoms with Crippen molar-refractivity contribution >= 4 is 13.6 Å². The molecule has 0 spiro atoms. The lowest BCUT2D eigenvalue weighted by atomic mass is 9.99. The molecule has 0 aromatic rings. The first-order valence-electron chi connectivity index (χ1n) is 2.24. The predicted molar refractivity (Wildman–Crippen MR) is 30.0 cm³/mol. The van der Waals surface area contributed by atoms with Crippen molar-refractivity contribution < 1.29 is 4.92 Å². The molecule has 0 aliphatic carbocycles. The van der Waals surface area contributed by atoms with Crippen LogP contribution in [0.25, 0.3) is 0 Å². The number of quaternary nitrogens is 1. The van der Waals surface area contributed by atoms with Crippen molar-refractivity contribution in [2.45, 2.75) is 0 Å². The third kappa shape index (κ3) is 0.952. The zero-order chi connectivity index (χ0) is 5.82. The van der Waals surface area contributed by atoms with E-state index in [9.17, 15) is 0 Å². The second-order valence-corrected chi connectivity index (χ2v) is 1.34. The van der Waals surface area contributed by atoms with Gasteiger partial charge in [-0.3, -0.25) is 0 Å². The minimum Gasteiger partial charge on any atom is -0.398 e. The van der Waals surface area contributed by atoms with E-state index >= 15 is 0 Å². The number of nitrogens with zero attached hydrogens (tertiary/aromatic N) is 2. The molecule has 2 radical (unpaired) electrons. The molecule has 1 rings (SSSR count). The van der Waals surface area contributed by atoms with Gasteiger partial charge in [-0.15, -0.1) is 11.1 Å². The molecule has 8 heavy (non-hydrogen) atoms. The molecule has 0 fully saturated rings. The minimum atomic E-state index is 0.729. The zero-order valence-corrected chi connectivity index (χ0v) is 4.20. The highest BCUT2D eigenvalue weighted by Crippen LogP contribution is 1.63. The normalized spacial score (nSPS) is 23.6. The first kappa shape index (κ1) is 5.07. The van der Waals surface area contributed by atoms with Crippen LogP contribution in [0.15, 0.2) is 17.4 Å². The lowest BCUT2D eigenvalue weighted by Gasteiger charge is -2.07. The topological polar surface area (TPSA) is 40.6 Å². The van der Waals surface area contributed by atoms with Crippen molar-refractivity contribution in [2.24, 2.45) is 5.10 Å². The predicted octanol–water partition coefficient (Wildman–Crippen LogP) is -1.52. The van der Waals surface area contributed by atoms with Crippen molar-refractivity contribution in [3.63, 3.8) is 0 Å². The quantitative estimate of drug-likeness (QED) is 0.404. The van der Waals surface area contributed by atoms with Gasteiger partial charge >= 0.3 is 0 Å². The summed E-state index contributed by atoms with van der Waals surface area (Å²) in [5.74, 6) is 1.88. The Balaban J connectivity index is 2.41. The van der Waals surface area contributed by atoms with Gasteiger partial charge in [0.2, 0.25) is 0 Å². The van der Waals surface area contributed by atoms with Gasteiger partial charge in [0.05, 0.1) is 12.4 Å². The fraction of sp³-hybridized carbons (Fsp3) is 0. The number of nitrogens with one attached hydrogen (secondary N) is 1. The van der Waals surface area contributed by atoms with Gasteiger partial charge in [-0.25, -0.2) is 5.26 Å². The highest BCUT2D eigenvalue weighted by molar-refractivity contribution is 6.35. The van der Waals surface area contributed by atoms with Gasteiger partial charge in [0.25, 0.3) is 0 Å². The van der Waals surface area contributed by atoms with E-state index < -0.39 is 0 Å². The Hall–Kier alpha value is -1.08. The van der Waals surface area contributed by atoms with Crippen molar-refractivity contribution in [2.75, 3.05) is 0 Å². The van der Waals surface area contributed by atoms with E-state index in [1.165, 1.54) is 7.41 Å². The smallest absolute Gasteiger partial charge is 0.158 e. The number of hydrogen-bond acceptors (Lipinski definition) is 2. The highest BCUT2D eigenvalue weighted by atomic mass is 15.4. The molecule has 0 saturated heterocycles. The van der Waals surface area contributed by atoms with Crippen LogP contribution in [0.3, 0.4) is 0 Å². The molecule has 1 aliphatic heterocycles. The summed E-state index contributed by atoms with van der Waals surface area (Å²) in [6.07, 6.45) is 5.23. The van der Waals surface area contributed by atoms with Gasteiger partial charge in [-0.2, -0.15) is 0 Å². The van der Waals surface area contributed by atoms with Crippen molar-refractivity contribution in [3.8, 4) is 5.97 Å². The van der Waals surface area contributed by atoms with Crippen molar-refractivity contribution in [1.82, 2.24) is 0 Å². The molecule has 38 valence electrons. The van der Waals surface area contributed by atoms with Gasteiger partial charge in [0.15, 0.2) is 7.41 Å². The van der Waals surface area contributed by atoms with E-state index in [1.807, 2.05) is 5.97 Å². The van der Waals surface area contributed by atoms with Crippen LogP contribution < -0.4 is 4.92 Å². The maximum Gasteiger partial charge on any atom is 0.158 e. The van der Waals surface area contributed by atoms with Crippen LogP contribution in [0, 0.1) is 11.2 Å². The summed E-state index contributed by atoms with van der Waals surface area (Å²) in [6.45, 7) is 0. The molecule has 0 aromatic carbocycles. The van der Waals surface area contributed by atoms with Gasteiger partial charge < -0.3 is 4.92 Å². The van der Waals surface area contributed by atoms with Gasteiger partial charge in [0.1, 0.15) is 0 Å². The van der Waals surface area contributed by atoms with Crippen LogP contribution in [0.1, 0.15) is 0 Å². The van der Waals surface area contributed by atoms with Crippen molar-refractivity contribution in [3.05, 3.63) is 12.3 Å². The van der Waals surface area contributed by atoms with Crippen LogP contribution in [-0.2, 0) is 0 Å². The summed E-state index contributed by atoms with van der Waals surface area (Å²) in [4.78, 5) is 0.729. The second-order valence-electron chi connectivity index (χ2n) is 1.34. The summed E-state index contributed by atoms with van der Waals surface area (Å²) in [6, 6.07) is 0. The van der Waals surface area contributed by atoms with Crippen LogP contribution in [0.4, 0.5) is 0 Å². The number of rotatable bonds is 1. The molecular formula is C4H4BN3. The third-order valence-corrected chi connectivity index (χ3v) is 0.789. The zero-order valence-electron chi connectivity index (χ0n) is 4.20. The maximum absolute atomic E-state index is 8.09. The van der Waals surface area contributed by atoms with E-state index in [0.29, 0.717) is 0 Å². The largest absolute Gasteiger partial charge is 0.398 e. The fourth-order valence-electron chi connectivity index (χ4n) is 0.465. The Kier molecular flexibility index (Phi) is 1.45. The summed E-state index contributed by atoms with van der Waals surface area (Å²) in [5, 5.41) is 11.9. The van der Waals surface area contributed by atoms with Crippen LogP contribution >= 0.6 is 0 Å². The molecular weight excluding hydrogens is 101 g/mol. The average Bonchev–Trinajstić information content (AvgIpc) is 2.19. The van der Waals surface area contributed by atoms with Gasteiger partial charge in [0, 0.05) is 6.08 Å². The molecule has 0 bridgehead atoms. The monoisotopic (exact) mass is 105 g/mol. The van der Waals surface area contributed by atoms with Crippen molar-refractivity contribution in [1.29, 1.82) is 5.26 Å². The first-order valence-corrected chi connectivity index (χ1v) is 2.24. The Labute approximate surface area is 48.2 Å². The molecule has 1 heterocycles. The van der Waals surface area contributed by atoms with E-state index in [1.54, 1.807) is 18.5 Å². The summed E-state index contributed by atoms with van der Waals surface area (Å²) in [7, 11) is 1.40. The molecule has 1 atom stereocenters. The molecule has 4 heteroatoms. The number of hydrogen-bond donors (Lipinski definition) is 1. The first-order chi connectivity index (χ1) is 3.93. The van der Waals surface area contributed by atoms with Crippen LogP contribution in [-0.4, -0.2) is 13.6 Å². The lowest BCUT2D eigenvalue weighted by Crippen LogP contribution is -3.03. The van der Waals surface area contributed by atoms with E-state index in [4.69, 9.17) is 5.26 Å². The molecule has 0 aromatic heterocycles. The molecule has 0 saturated carbocycles. The fourth-order valence-corrected chi connectivity index (χ4v) is 0.465. The third-order valence-electron chi connectivity index (χ3n) is 0.789. The Bertz CT molecular complexity index is 155. The summed E-state index contributed by atoms with van der Waals surface area (Å²) >= 11 is 0. The maximum atomic E-state index is 8.09. The number of nitriles is 1. The Morgan fingerprint density at radius 3 is 3.12 bits per heavy atom. The van der Waals surface area contributed by atoms with E-state index in [-0.39, 0.29) is 0 Å². The van der Waals surface area contributed by atoms with Crippen LogP contribution in [0.5, 0.6) is 0 Å². The van der Waals surface area contributed by atoms with Gasteiger partial charge in [-0.1, -0.05) is 0 Å². The molecule has 1 aliphatic rings. The van der Waals surface area contributed by atoms with Crippen LogP contribution in [0.2, 0.25) is 0 Å². The Morgan fingerprint density at radius 1 is 1.75 bits per heavy atom. The second kappa shape index (κ2) is 2.29. The SMILES string of the molecule is N#C[B-][NH+]1C=CC=N1. The lowest BCUT2D eigenvalue weighted by molar-refractivity contribution is -0.726. The standard InChI is InChI=1S/C4H4BN3/c6-4-5-8-3-1-2-7-8/h1-3,8H. The molecule has 3 nitrogen and oxygen atoms in total. The Morgan fingerprint density at radius 2 is 2.62 bits per heavy atom. The highest BCUT2D eigenvalue weighted by Gasteiger charge is 1.91. The average molecular weight is 105 g/mol. The van der Waals surface area contributed by atoms with E-state index in [2.05, 4.69) is 5.10 Å². The summed E-state index contributed by atoms with van der Waals surface area (Å²) < 4.78 is 0.